The number of Topliss-reactive ketones (excluding diaryl/α,β-unsaturated/α-hetero) is 1. The van der Waals surface area contributed by atoms with Gasteiger partial charge in [0.1, 0.15) is 0 Å². The maximum Gasteiger partial charge on any atom is 0.303 e. The van der Waals surface area contributed by atoms with Gasteiger partial charge in [0.2, 0.25) is 10.0 Å². The topological polar surface area (TPSA) is 91.8 Å². The van der Waals surface area contributed by atoms with Gasteiger partial charge in [-0.15, -0.1) is 0 Å². The van der Waals surface area contributed by atoms with E-state index in [1.165, 1.54) is 28.6 Å². The van der Waals surface area contributed by atoms with Crippen LogP contribution in [-0.2, 0) is 14.8 Å². The summed E-state index contributed by atoms with van der Waals surface area (Å²) in [5.74, 6) is -1.43. The minimum absolute atomic E-state index is 0.0700. The molecule has 0 spiro atoms. The highest BCUT2D eigenvalue weighted by atomic mass is 32.2. The Hall–Kier alpha value is -1.73. The summed E-state index contributed by atoms with van der Waals surface area (Å²) in [4.78, 5) is 22.6. The molecular weight excluding hydrogens is 318 g/mol. The van der Waals surface area contributed by atoms with Crippen LogP contribution in [0.5, 0.6) is 0 Å². The molecule has 0 saturated carbocycles. The molecule has 1 N–H and O–H groups in total. The van der Waals surface area contributed by atoms with Gasteiger partial charge in [-0.1, -0.05) is 26.0 Å². The zero-order chi connectivity index (χ0) is 17.5. The lowest BCUT2D eigenvalue weighted by Crippen LogP contribution is -2.32. The van der Waals surface area contributed by atoms with Crippen molar-refractivity contribution in [3.8, 4) is 0 Å². The molecule has 0 aromatic heterocycles. The van der Waals surface area contributed by atoms with Gasteiger partial charge in [0.15, 0.2) is 5.78 Å². The lowest BCUT2D eigenvalue weighted by Gasteiger charge is -2.21. The van der Waals surface area contributed by atoms with Crippen LogP contribution in [0.2, 0.25) is 0 Å². The molecule has 0 unspecified atom stereocenters. The van der Waals surface area contributed by atoms with Crippen LogP contribution in [0.25, 0.3) is 0 Å². The molecule has 0 heterocycles. The normalized spacial score (nSPS) is 11.6. The lowest BCUT2D eigenvalue weighted by atomic mass is 10.1. The smallest absolute Gasteiger partial charge is 0.303 e. The molecule has 1 rings (SSSR count). The highest BCUT2D eigenvalue weighted by Gasteiger charge is 2.23. The first kappa shape index (κ1) is 19.3. The summed E-state index contributed by atoms with van der Waals surface area (Å²) in [6.45, 7) is 4.66. The van der Waals surface area contributed by atoms with Crippen molar-refractivity contribution < 1.29 is 23.1 Å². The number of benzene rings is 1. The highest BCUT2D eigenvalue weighted by molar-refractivity contribution is 7.89. The summed E-state index contributed by atoms with van der Waals surface area (Å²) in [6, 6.07) is 5.81. The number of carboxylic acids is 1. The predicted molar refractivity (Wildman–Crippen MR) is 87.0 cm³/mol. The summed E-state index contributed by atoms with van der Waals surface area (Å²) in [7, 11) is -3.65. The summed E-state index contributed by atoms with van der Waals surface area (Å²) < 4.78 is 26.8. The maximum absolute atomic E-state index is 12.7. The first-order valence-electron chi connectivity index (χ1n) is 7.68. The molecule has 1 aromatic carbocycles. The SMILES string of the molecule is CCCN(CCC)S(=O)(=O)c1cccc(C(=O)CCC(=O)O)c1. The van der Waals surface area contributed by atoms with E-state index < -0.39 is 16.0 Å². The van der Waals surface area contributed by atoms with E-state index in [1.807, 2.05) is 13.8 Å². The van der Waals surface area contributed by atoms with Crippen molar-refractivity contribution in [2.24, 2.45) is 0 Å². The minimum atomic E-state index is -3.65. The fourth-order valence-corrected chi connectivity index (χ4v) is 3.87. The largest absolute Gasteiger partial charge is 0.481 e. The second kappa shape index (κ2) is 8.79. The van der Waals surface area contributed by atoms with Crippen LogP contribution in [-0.4, -0.2) is 42.7 Å². The Kier molecular flexibility index (Phi) is 7.38. The molecule has 0 saturated heterocycles. The van der Waals surface area contributed by atoms with Crippen LogP contribution in [0.1, 0.15) is 49.9 Å². The van der Waals surface area contributed by atoms with Gasteiger partial charge in [0, 0.05) is 25.1 Å². The van der Waals surface area contributed by atoms with Gasteiger partial charge < -0.3 is 5.11 Å². The third-order valence-electron chi connectivity index (χ3n) is 3.31. The Balaban J connectivity index is 3.06. The van der Waals surface area contributed by atoms with Gasteiger partial charge >= 0.3 is 5.97 Å². The molecule has 0 aliphatic carbocycles. The van der Waals surface area contributed by atoms with Gasteiger partial charge in [-0.3, -0.25) is 9.59 Å². The molecule has 128 valence electrons. The summed E-state index contributed by atoms with van der Waals surface area (Å²) >= 11 is 0. The van der Waals surface area contributed by atoms with E-state index in [-0.39, 0.29) is 29.1 Å². The first-order valence-corrected chi connectivity index (χ1v) is 9.12. The molecule has 6 nitrogen and oxygen atoms in total. The van der Waals surface area contributed by atoms with E-state index in [0.29, 0.717) is 25.9 Å². The standard InChI is InChI=1S/C16H23NO5S/c1-3-10-17(11-4-2)23(21,22)14-7-5-6-13(12-14)15(18)8-9-16(19)20/h5-7,12H,3-4,8-11H2,1-2H3,(H,19,20). The average Bonchev–Trinajstić information content (AvgIpc) is 2.52. The third kappa shape index (κ3) is 5.44. The molecule has 0 aliphatic heterocycles. The minimum Gasteiger partial charge on any atom is -0.481 e. The number of carbonyl (C=O) groups is 2. The van der Waals surface area contributed by atoms with Gasteiger partial charge in [0.25, 0.3) is 0 Å². The van der Waals surface area contributed by atoms with Crippen molar-refractivity contribution in [3.05, 3.63) is 29.8 Å². The first-order chi connectivity index (χ1) is 10.8. The van der Waals surface area contributed by atoms with Gasteiger partial charge in [0.05, 0.1) is 11.3 Å². The fourth-order valence-electron chi connectivity index (χ4n) is 2.19. The molecular formula is C16H23NO5S. The molecule has 0 atom stereocenters. The van der Waals surface area contributed by atoms with Crippen LogP contribution in [0.4, 0.5) is 0 Å². The van der Waals surface area contributed by atoms with E-state index >= 15 is 0 Å². The van der Waals surface area contributed by atoms with Crippen LogP contribution in [0, 0.1) is 0 Å². The second-order valence-electron chi connectivity index (χ2n) is 5.25. The number of sulfonamides is 1. The third-order valence-corrected chi connectivity index (χ3v) is 5.20. The Bertz CT molecular complexity index is 648. The number of carboxylic acid groups (broad SMARTS) is 1. The van der Waals surface area contributed by atoms with E-state index in [1.54, 1.807) is 0 Å². The zero-order valence-corrected chi connectivity index (χ0v) is 14.3. The van der Waals surface area contributed by atoms with Crippen molar-refractivity contribution in [3.63, 3.8) is 0 Å². The van der Waals surface area contributed by atoms with Crippen LogP contribution in [0.15, 0.2) is 29.2 Å². The number of ketones is 1. The number of rotatable bonds is 10. The lowest BCUT2D eigenvalue weighted by molar-refractivity contribution is -0.136. The van der Waals surface area contributed by atoms with Crippen molar-refractivity contribution >= 4 is 21.8 Å². The van der Waals surface area contributed by atoms with E-state index in [2.05, 4.69) is 0 Å². The van der Waals surface area contributed by atoms with Crippen molar-refractivity contribution in [2.75, 3.05) is 13.1 Å². The van der Waals surface area contributed by atoms with Crippen LogP contribution in [0.3, 0.4) is 0 Å². The highest BCUT2D eigenvalue weighted by Crippen LogP contribution is 2.19. The number of hydrogen-bond donors (Lipinski definition) is 1. The van der Waals surface area contributed by atoms with Crippen molar-refractivity contribution in [1.82, 2.24) is 4.31 Å². The van der Waals surface area contributed by atoms with Crippen LogP contribution < -0.4 is 0 Å². The molecule has 23 heavy (non-hydrogen) atoms. The predicted octanol–water partition coefficient (Wildman–Crippen LogP) is 2.54. The summed E-state index contributed by atoms with van der Waals surface area (Å²) in [5.41, 5.74) is 0.222. The number of aliphatic carboxylic acids is 1. The van der Waals surface area contributed by atoms with Crippen LogP contribution >= 0.6 is 0 Å². The quantitative estimate of drug-likeness (QED) is 0.660. The Labute approximate surface area is 137 Å². The number of carbonyl (C=O) groups excluding carboxylic acids is 1. The van der Waals surface area contributed by atoms with Gasteiger partial charge in [-0.05, 0) is 25.0 Å². The van der Waals surface area contributed by atoms with E-state index in [0.717, 1.165) is 0 Å². The Morgan fingerprint density at radius 3 is 2.22 bits per heavy atom. The van der Waals surface area contributed by atoms with Crippen molar-refractivity contribution in [1.29, 1.82) is 0 Å². The molecule has 7 heteroatoms. The molecule has 0 radical (unpaired) electrons. The second-order valence-corrected chi connectivity index (χ2v) is 7.19. The fraction of sp³-hybridized carbons (Fsp3) is 0.500. The number of nitrogens with zero attached hydrogens (tertiary/aromatic N) is 1. The van der Waals surface area contributed by atoms with Gasteiger partial charge in [-0.25, -0.2) is 8.42 Å². The van der Waals surface area contributed by atoms with Gasteiger partial charge in [-0.2, -0.15) is 4.31 Å². The zero-order valence-electron chi connectivity index (χ0n) is 13.5. The molecule has 0 aliphatic rings. The summed E-state index contributed by atoms with van der Waals surface area (Å²) in [6.07, 6.45) is 0.993. The van der Waals surface area contributed by atoms with Crippen molar-refractivity contribution in [2.45, 2.75) is 44.4 Å². The molecule has 1 aromatic rings. The van der Waals surface area contributed by atoms with E-state index in [4.69, 9.17) is 5.11 Å². The number of hydrogen-bond acceptors (Lipinski definition) is 4. The monoisotopic (exact) mass is 341 g/mol. The molecule has 0 amide bonds. The molecule has 0 bridgehead atoms. The average molecular weight is 341 g/mol. The molecule has 0 fully saturated rings. The van der Waals surface area contributed by atoms with E-state index in [9.17, 15) is 18.0 Å². The summed E-state index contributed by atoms with van der Waals surface area (Å²) in [5, 5.41) is 8.63. The Morgan fingerprint density at radius 1 is 1.09 bits per heavy atom. The Morgan fingerprint density at radius 2 is 1.70 bits per heavy atom. The maximum atomic E-state index is 12.7.